The van der Waals surface area contributed by atoms with Crippen LogP contribution < -0.4 is 15.8 Å². The van der Waals surface area contributed by atoms with Gasteiger partial charge in [-0.15, -0.1) is 0 Å². The zero-order valence-corrected chi connectivity index (χ0v) is 13.5. The lowest BCUT2D eigenvalue weighted by Gasteiger charge is -2.21. The fourth-order valence-electron chi connectivity index (χ4n) is 1.76. The summed E-state index contributed by atoms with van der Waals surface area (Å²) in [6.07, 6.45) is -0.805. The van der Waals surface area contributed by atoms with Crippen molar-refractivity contribution in [2.75, 3.05) is 13.2 Å². The van der Waals surface area contributed by atoms with E-state index >= 15 is 0 Å². The number of primary amides is 1. The van der Waals surface area contributed by atoms with Crippen LogP contribution in [0.3, 0.4) is 0 Å². The molecule has 0 aliphatic rings. The Bertz CT molecular complexity index is 483. The SMILES string of the molecule is CC(C)C(NCC(O)COc1cc(Cl)ccc1Cl)C(N)=O. The molecule has 0 aliphatic carbocycles. The van der Waals surface area contributed by atoms with Crippen molar-refractivity contribution in [2.45, 2.75) is 26.0 Å². The van der Waals surface area contributed by atoms with Crippen LogP contribution >= 0.6 is 23.2 Å². The summed E-state index contributed by atoms with van der Waals surface area (Å²) in [7, 11) is 0. The Hall–Kier alpha value is -1.01. The van der Waals surface area contributed by atoms with Crippen molar-refractivity contribution in [3.63, 3.8) is 0 Å². The fraction of sp³-hybridized carbons (Fsp3) is 0.500. The number of halogens is 2. The van der Waals surface area contributed by atoms with Crippen molar-refractivity contribution in [3.05, 3.63) is 28.2 Å². The van der Waals surface area contributed by atoms with Gasteiger partial charge >= 0.3 is 0 Å². The number of aliphatic hydroxyl groups is 1. The summed E-state index contributed by atoms with van der Waals surface area (Å²) in [4.78, 5) is 11.2. The number of benzene rings is 1. The quantitative estimate of drug-likeness (QED) is 0.677. The Morgan fingerprint density at radius 1 is 1.43 bits per heavy atom. The van der Waals surface area contributed by atoms with Gasteiger partial charge in [0, 0.05) is 17.6 Å². The fourth-order valence-corrected chi connectivity index (χ4v) is 2.09. The molecule has 4 N–H and O–H groups in total. The van der Waals surface area contributed by atoms with Gasteiger partial charge in [-0.3, -0.25) is 4.79 Å². The highest BCUT2D eigenvalue weighted by molar-refractivity contribution is 6.34. The monoisotopic (exact) mass is 334 g/mol. The van der Waals surface area contributed by atoms with Crippen molar-refractivity contribution in [3.8, 4) is 5.75 Å². The first-order valence-corrected chi connectivity index (χ1v) is 7.35. The number of amides is 1. The van der Waals surface area contributed by atoms with Crippen LogP contribution in [0.1, 0.15) is 13.8 Å². The Morgan fingerprint density at radius 3 is 2.67 bits per heavy atom. The summed E-state index contributed by atoms with van der Waals surface area (Å²) >= 11 is 11.8. The summed E-state index contributed by atoms with van der Waals surface area (Å²) < 4.78 is 5.41. The normalized spacial score (nSPS) is 14.0. The van der Waals surface area contributed by atoms with E-state index in [9.17, 15) is 9.90 Å². The van der Waals surface area contributed by atoms with Crippen LogP contribution in [0.15, 0.2) is 18.2 Å². The second kappa shape index (κ2) is 8.44. The van der Waals surface area contributed by atoms with Gasteiger partial charge in [0.1, 0.15) is 18.5 Å². The van der Waals surface area contributed by atoms with Crippen molar-refractivity contribution in [2.24, 2.45) is 11.7 Å². The third-order valence-electron chi connectivity index (χ3n) is 2.87. The van der Waals surface area contributed by atoms with E-state index in [4.69, 9.17) is 33.7 Å². The minimum atomic E-state index is -0.805. The molecule has 0 aromatic heterocycles. The van der Waals surface area contributed by atoms with Gasteiger partial charge in [0.05, 0.1) is 11.1 Å². The lowest BCUT2D eigenvalue weighted by molar-refractivity contribution is -0.121. The third kappa shape index (κ3) is 6.09. The molecule has 0 bridgehead atoms. The van der Waals surface area contributed by atoms with Crippen LogP contribution in [0.25, 0.3) is 0 Å². The highest BCUT2D eigenvalue weighted by Gasteiger charge is 2.20. The van der Waals surface area contributed by atoms with Gasteiger partial charge in [0.15, 0.2) is 0 Å². The number of hydrogen-bond donors (Lipinski definition) is 3. The molecule has 5 nitrogen and oxygen atoms in total. The molecular formula is C14H20Cl2N2O3. The van der Waals surface area contributed by atoms with Crippen molar-refractivity contribution in [1.82, 2.24) is 5.32 Å². The number of rotatable bonds is 8. The highest BCUT2D eigenvalue weighted by atomic mass is 35.5. The molecule has 2 atom stereocenters. The van der Waals surface area contributed by atoms with Crippen molar-refractivity contribution >= 4 is 29.1 Å². The van der Waals surface area contributed by atoms with E-state index in [1.54, 1.807) is 18.2 Å². The third-order valence-corrected chi connectivity index (χ3v) is 3.42. The van der Waals surface area contributed by atoms with Crippen molar-refractivity contribution in [1.29, 1.82) is 0 Å². The van der Waals surface area contributed by atoms with E-state index in [-0.39, 0.29) is 19.1 Å². The number of aliphatic hydroxyl groups excluding tert-OH is 1. The summed E-state index contributed by atoms with van der Waals surface area (Å²) in [5.74, 6) is -0.00692. The number of ether oxygens (including phenoxy) is 1. The summed E-state index contributed by atoms with van der Waals surface area (Å²) in [5.41, 5.74) is 5.28. The lowest BCUT2D eigenvalue weighted by atomic mass is 10.0. The number of nitrogens with one attached hydrogen (secondary N) is 1. The van der Waals surface area contributed by atoms with Crippen LogP contribution in [0.4, 0.5) is 0 Å². The molecule has 0 heterocycles. The van der Waals surface area contributed by atoms with Gasteiger partial charge in [0.25, 0.3) is 0 Å². The molecule has 118 valence electrons. The predicted octanol–water partition coefficient (Wildman–Crippen LogP) is 1.83. The topological polar surface area (TPSA) is 84.6 Å². The molecule has 0 aliphatic heterocycles. The van der Waals surface area contributed by atoms with E-state index in [1.165, 1.54) is 0 Å². The Balaban J connectivity index is 2.45. The Morgan fingerprint density at radius 2 is 2.10 bits per heavy atom. The van der Waals surface area contributed by atoms with Gasteiger partial charge < -0.3 is 20.9 Å². The minimum Gasteiger partial charge on any atom is -0.489 e. The first-order valence-electron chi connectivity index (χ1n) is 6.60. The maximum Gasteiger partial charge on any atom is 0.234 e. The average Bonchev–Trinajstić information content (AvgIpc) is 2.39. The molecule has 1 amide bonds. The highest BCUT2D eigenvalue weighted by Crippen LogP contribution is 2.27. The van der Waals surface area contributed by atoms with Gasteiger partial charge in [-0.1, -0.05) is 37.0 Å². The molecule has 7 heteroatoms. The average molecular weight is 335 g/mol. The van der Waals surface area contributed by atoms with Gasteiger partial charge in [0.2, 0.25) is 5.91 Å². The molecule has 1 aromatic carbocycles. The number of carbonyl (C=O) groups excluding carboxylic acids is 1. The second-order valence-electron chi connectivity index (χ2n) is 5.07. The summed E-state index contributed by atoms with van der Waals surface area (Å²) in [6, 6.07) is 4.35. The largest absolute Gasteiger partial charge is 0.489 e. The smallest absolute Gasteiger partial charge is 0.234 e. The van der Waals surface area contributed by atoms with Crippen LogP contribution in [-0.2, 0) is 4.79 Å². The lowest BCUT2D eigenvalue weighted by Crippen LogP contribution is -2.48. The second-order valence-corrected chi connectivity index (χ2v) is 5.92. The van der Waals surface area contributed by atoms with Crippen LogP contribution in [0, 0.1) is 5.92 Å². The van der Waals surface area contributed by atoms with E-state index in [0.29, 0.717) is 15.8 Å². The molecule has 0 saturated heterocycles. The van der Waals surface area contributed by atoms with Gasteiger partial charge in [-0.25, -0.2) is 0 Å². The zero-order chi connectivity index (χ0) is 16.0. The Kier molecular flexibility index (Phi) is 7.25. The standard InChI is InChI=1S/C14H20Cl2N2O3/c1-8(2)13(14(17)20)18-6-10(19)7-21-12-5-9(15)3-4-11(12)16/h3-5,8,10,13,18-19H,6-7H2,1-2H3,(H2,17,20). The molecule has 0 saturated carbocycles. The summed E-state index contributed by atoms with van der Waals surface area (Å²) in [6.45, 7) is 3.95. The summed E-state index contributed by atoms with van der Waals surface area (Å²) in [5, 5.41) is 13.7. The Labute approximate surface area is 134 Å². The maximum absolute atomic E-state index is 11.2. The van der Waals surface area contributed by atoms with E-state index in [2.05, 4.69) is 5.32 Å². The van der Waals surface area contributed by atoms with Crippen LogP contribution in [-0.4, -0.2) is 36.3 Å². The number of hydrogen-bond acceptors (Lipinski definition) is 4. The van der Waals surface area contributed by atoms with Crippen LogP contribution in [0.2, 0.25) is 10.0 Å². The zero-order valence-electron chi connectivity index (χ0n) is 12.0. The minimum absolute atomic E-state index is 0.0244. The van der Waals surface area contributed by atoms with Crippen LogP contribution in [0.5, 0.6) is 5.75 Å². The predicted molar refractivity (Wildman–Crippen MR) is 83.8 cm³/mol. The molecule has 1 rings (SSSR count). The number of carbonyl (C=O) groups is 1. The molecule has 0 fully saturated rings. The molecule has 21 heavy (non-hydrogen) atoms. The first kappa shape index (κ1) is 18.0. The number of nitrogens with two attached hydrogens (primary N) is 1. The molecule has 2 unspecified atom stereocenters. The molecule has 1 aromatic rings. The van der Waals surface area contributed by atoms with Gasteiger partial charge in [-0.05, 0) is 18.1 Å². The van der Waals surface area contributed by atoms with Gasteiger partial charge in [-0.2, -0.15) is 0 Å². The van der Waals surface area contributed by atoms with Crippen molar-refractivity contribution < 1.29 is 14.6 Å². The molecular weight excluding hydrogens is 315 g/mol. The maximum atomic E-state index is 11.2. The molecule has 0 radical (unpaired) electrons. The van der Waals surface area contributed by atoms with E-state index in [0.717, 1.165) is 0 Å². The first-order chi connectivity index (χ1) is 9.81. The van der Waals surface area contributed by atoms with E-state index < -0.39 is 18.1 Å². The van der Waals surface area contributed by atoms with E-state index in [1.807, 2.05) is 13.8 Å². The molecule has 0 spiro atoms.